The third-order valence-electron chi connectivity index (χ3n) is 5.92. The SMILES string of the molecule is N#C[C@H]1[C@@H](c2ccc(-c3ccccc3F)cc2)[C@@H](CO)N1C(=O)C1CCC1. The van der Waals surface area contributed by atoms with E-state index < -0.39 is 6.04 Å². The van der Waals surface area contributed by atoms with Crippen LogP contribution in [-0.4, -0.2) is 34.6 Å². The number of hydrogen-bond donors (Lipinski definition) is 1. The van der Waals surface area contributed by atoms with Crippen LogP contribution in [-0.2, 0) is 4.79 Å². The highest BCUT2D eigenvalue weighted by molar-refractivity contribution is 5.82. The monoisotopic (exact) mass is 364 g/mol. The second kappa shape index (κ2) is 7.13. The van der Waals surface area contributed by atoms with Crippen LogP contribution >= 0.6 is 0 Å². The number of carbonyl (C=O) groups is 1. The largest absolute Gasteiger partial charge is 0.394 e. The fourth-order valence-electron chi connectivity index (χ4n) is 4.16. The quantitative estimate of drug-likeness (QED) is 0.903. The Kier molecular flexibility index (Phi) is 4.67. The van der Waals surface area contributed by atoms with Gasteiger partial charge in [0.05, 0.1) is 18.7 Å². The minimum Gasteiger partial charge on any atom is -0.394 e. The summed E-state index contributed by atoms with van der Waals surface area (Å²) in [5.41, 5.74) is 2.17. The molecule has 1 saturated carbocycles. The van der Waals surface area contributed by atoms with E-state index in [2.05, 4.69) is 6.07 Å². The maximum Gasteiger partial charge on any atom is 0.227 e. The van der Waals surface area contributed by atoms with Gasteiger partial charge < -0.3 is 10.0 Å². The van der Waals surface area contributed by atoms with Crippen LogP contribution in [0.15, 0.2) is 48.5 Å². The molecule has 1 amide bonds. The average Bonchev–Trinajstić information content (AvgIpc) is 2.61. The number of likely N-dealkylation sites (tertiary alicyclic amines) is 1. The third kappa shape index (κ3) is 2.90. The maximum atomic E-state index is 14.0. The van der Waals surface area contributed by atoms with E-state index in [0.29, 0.717) is 5.56 Å². The molecule has 0 unspecified atom stereocenters. The van der Waals surface area contributed by atoms with Gasteiger partial charge in [0.1, 0.15) is 11.9 Å². The first-order valence-electron chi connectivity index (χ1n) is 9.33. The zero-order chi connectivity index (χ0) is 19.0. The van der Waals surface area contributed by atoms with Crippen molar-refractivity contribution in [2.45, 2.75) is 37.3 Å². The molecular formula is C22H21FN2O2. The molecule has 1 aliphatic heterocycles. The fourth-order valence-corrected chi connectivity index (χ4v) is 4.16. The Balaban J connectivity index is 1.58. The predicted octanol–water partition coefficient (Wildman–Crippen LogP) is 3.47. The van der Waals surface area contributed by atoms with E-state index >= 15 is 0 Å². The van der Waals surface area contributed by atoms with Gasteiger partial charge in [-0.05, 0) is 30.0 Å². The van der Waals surface area contributed by atoms with E-state index in [1.54, 1.807) is 23.1 Å². The molecule has 4 rings (SSSR count). The molecule has 0 bridgehead atoms. The van der Waals surface area contributed by atoms with Gasteiger partial charge in [0.15, 0.2) is 0 Å². The lowest BCUT2D eigenvalue weighted by atomic mass is 9.73. The van der Waals surface area contributed by atoms with Crippen molar-refractivity contribution in [3.05, 3.63) is 59.9 Å². The van der Waals surface area contributed by atoms with E-state index in [9.17, 15) is 19.6 Å². The number of halogens is 1. The number of nitrogens with zero attached hydrogens (tertiary/aromatic N) is 2. The summed E-state index contributed by atoms with van der Waals surface area (Å²) in [5, 5.41) is 19.5. The van der Waals surface area contributed by atoms with Gasteiger partial charge in [-0.1, -0.05) is 48.9 Å². The molecule has 27 heavy (non-hydrogen) atoms. The number of aliphatic hydroxyl groups excluding tert-OH is 1. The lowest BCUT2D eigenvalue weighted by molar-refractivity contribution is -0.154. The molecule has 138 valence electrons. The van der Waals surface area contributed by atoms with E-state index in [4.69, 9.17) is 0 Å². The number of carbonyl (C=O) groups excluding carboxylic acids is 1. The van der Waals surface area contributed by atoms with Crippen molar-refractivity contribution < 1.29 is 14.3 Å². The smallest absolute Gasteiger partial charge is 0.227 e. The summed E-state index contributed by atoms with van der Waals surface area (Å²) >= 11 is 0. The lowest BCUT2D eigenvalue weighted by Crippen LogP contribution is -2.66. The Morgan fingerprint density at radius 3 is 2.44 bits per heavy atom. The molecule has 0 radical (unpaired) electrons. The summed E-state index contributed by atoms with van der Waals surface area (Å²) in [5.74, 6) is -0.515. The summed E-state index contributed by atoms with van der Waals surface area (Å²) in [6.45, 7) is -0.170. The average molecular weight is 364 g/mol. The van der Waals surface area contributed by atoms with Crippen molar-refractivity contribution in [2.24, 2.45) is 5.92 Å². The Morgan fingerprint density at radius 2 is 1.89 bits per heavy atom. The van der Waals surface area contributed by atoms with Crippen LogP contribution in [0.3, 0.4) is 0 Å². The van der Waals surface area contributed by atoms with Gasteiger partial charge in [-0.2, -0.15) is 5.26 Å². The molecule has 2 fully saturated rings. The van der Waals surface area contributed by atoms with Crippen LogP contribution in [0.5, 0.6) is 0 Å². The highest BCUT2D eigenvalue weighted by Crippen LogP contribution is 2.43. The molecule has 3 atom stereocenters. The van der Waals surface area contributed by atoms with Crippen LogP contribution in [0.25, 0.3) is 11.1 Å². The van der Waals surface area contributed by atoms with Crippen LogP contribution in [0, 0.1) is 23.1 Å². The summed E-state index contributed by atoms with van der Waals surface area (Å²) < 4.78 is 14.0. The molecule has 2 aromatic carbocycles. The van der Waals surface area contributed by atoms with Crippen molar-refractivity contribution in [1.29, 1.82) is 5.26 Å². The maximum absolute atomic E-state index is 14.0. The molecule has 1 saturated heterocycles. The standard InChI is InChI=1S/C22H21FN2O2/c23-18-7-2-1-6-17(18)14-8-10-15(11-9-14)21-19(12-24)25(20(21)13-26)22(27)16-4-3-5-16/h1-2,6-11,16,19-21,26H,3-5,13H2/t19-,20+,21+/m0/s1. The first-order valence-corrected chi connectivity index (χ1v) is 9.33. The second-order valence-electron chi connectivity index (χ2n) is 7.32. The van der Waals surface area contributed by atoms with Gasteiger partial charge >= 0.3 is 0 Å². The van der Waals surface area contributed by atoms with Crippen molar-refractivity contribution in [3.8, 4) is 17.2 Å². The van der Waals surface area contributed by atoms with E-state index in [1.165, 1.54) is 6.07 Å². The minimum absolute atomic E-state index is 0.000665. The van der Waals surface area contributed by atoms with Gasteiger partial charge in [-0.15, -0.1) is 0 Å². The number of benzene rings is 2. The molecule has 1 aliphatic carbocycles. The van der Waals surface area contributed by atoms with Gasteiger partial charge in [-0.3, -0.25) is 4.79 Å². The van der Waals surface area contributed by atoms with E-state index in [-0.39, 0.29) is 36.2 Å². The normalized spacial score (nSPS) is 24.6. The van der Waals surface area contributed by atoms with E-state index in [0.717, 1.165) is 30.4 Å². The molecule has 1 heterocycles. The van der Waals surface area contributed by atoms with Crippen molar-refractivity contribution in [1.82, 2.24) is 4.90 Å². The van der Waals surface area contributed by atoms with Gasteiger partial charge in [-0.25, -0.2) is 4.39 Å². The number of nitriles is 1. The van der Waals surface area contributed by atoms with Crippen LogP contribution < -0.4 is 0 Å². The lowest BCUT2D eigenvalue weighted by Gasteiger charge is -2.53. The predicted molar refractivity (Wildman–Crippen MR) is 99.0 cm³/mol. The Morgan fingerprint density at radius 1 is 1.19 bits per heavy atom. The highest BCUT2D eigenvalue weighted by atomic mass is 19.1. The Bertz CT molecular complexity index is 886. The van der Waals surface area contributed by atoms with Crippen molar-refractivity contribution >= 4 is 5.91 Å². The number of rotatable bonds is 4. The van der Waals surface area contributed by atoms with Gasteiger partial charge in [0.25, 0.3) is 0 Å². The van der Waals surface area contributed by atoms with Crippen LogP contribution in [0.1, 0.15) is 30.7 Å². The van der Waals surface area contributed by atoms with E-state index in [1.807, 2.05) is 24.3 Å². The van der Waals surface area contributed by atoms with Crippen LogP contribution in [0.4, 0.5) is 4.39 Å². The number of hydrogen-bond acceptors (Lipinski definition) is 3. The summed E-state index contributed by atoms with van der Waals surface area (Å²) in [6.07, 6.45) is 2.79. The molecule has 0 aromatic heterocycles. The molecule has 1 N–H and O–H groups in total. The fraction of sp³-hybridized carbons (Fsp3) is 0.364. The zero-order valence-corrected chi connectivity index (χ0v) is 14.9. The Labute approximate surface area is 157 Å². The van der Waals surface area contributed by atoms with Gasteiger partial charge in [0.2, 0.25) is 5.91 Å². The molecule has 2 aromatic rings. The zero-order valence-electron chi connectivity index (χ0n) is 14.9. The summed E-state index contributed by atoms with van der Waals surface area (Å²) in [6, 6.07) is 15.3. The molecular weight excluding hydrogens is 343 g/mol. The molecule has 5 heteroatoms. The summed E-state index contributed by atoms with van der Waals surface area (Å²) in [7, 11) is 0. The molecule has 0 spiro atoms. The molecule has 2 aliphatic rings. The number of aliphatic hydroxyl groups is 1. The Hall–Kier alpha value is -2.71. The first-order chi connectivity index (χ1) is 13.2. The van der Waals surface area contributed by atoms with Crippen LogP contribution in [0.2, 0.25) is 0 Å². The number of amides is 1. The van der Waals surface area contributed by atoms with Crippen molar-refractivity contribution in [3.63, 3.8) is 0 Å². The van der Waals surface area contributed by atoms with Gasteiger partial charge in [0, 0.05) is 17.4 Å². The second-order valence-corrected chi connectivity index (χ2v) is 7.32. The van der Waals surface area contributed by atoms with Crippen molar-refractivity contribution in [2.75, 3.05) is 6.61 Å². The minimum atomic E-state index is -0.561. The topological polar surface area (TPSA) is 64.3 Å². The third-order valence-corrected chi connectivity index (χ3v) is 5.92. The molecule has 4 nitrogen and oxygen atoms in total. The summed E-state index contributed by atoms with van der Waals surface area (Å²) in [4.78, 5) is 14.2. The highest BCUT2D eigenvalue weighted by Gasteiger charge is 2.53. The first kappa shape index (κ1) is 17.7.